The van der Waals surface area contributed by atoms with Crippen molar-refractivity contribution in [2.45, 2.75) is 0 Å². The number of amides is 1. The average molecular weight is 259 g/mol. The number of H-pyrrole nitrogens is 1. The average Bonchev–Trinajstić information content (AvgIpc) is 2.41. The summed E-state index contributed by atoms with van der Waals surface area (Å²) in [6, 6.07) is 7.64. The second-order valence-corrected chi connectivity index (χ2v) is 3.85. The molecular weight excluding hydrogens is 246 g/mol. The molecule has 1 amide bonds. The molecule has 1 aromatic carbocycles. The first-order valence-corrected chi connectivity index (χ1v) is 5.54. The Labute approximate surface area is 109 Å². The van der Waals surface area contributed by atoms with Gasteiger partial charge in [-0.25, -0.2) is 0 Å². The summed E-state index contributed by atoms with van der Waals surface area (Å²) in [5, 5.41) is 2.66. The highest BCUT2D eigenvalue weighted by atomic mass is 16.5. The minimum Gasteiger partial charge on any atom is -0.495 e. The Morgan fingerprint density at radius 2 is 2.11 bits per heavy atom. The highest BCUT2D eigenvalue weighted by Gasteiger charge is 2.08. The van der Waals surface area contributed by atoms with Gasteiger partial charge in [-0.3, -0.25) is 9.59 Å². The van der Waals surface area contributed by atoms with E-state index in [9.17, 15) is 9.59 Å². The van der Waals surface area contributed by atoms with Gasteiger partial charge in [-0.1, -0.05) is 0 Å². The molecule has 19 heavy (non-hydrogen) atoms. The fourth-order valence-corrected chi connectivity index (χ4v) is 1.58. The van der Waals surface area contributed by atoms with Crippen LogP contribution in [0.4, 0.5) is 11.4 Å². The van der Waals surface area contributed by atoms with Crippen molar-refractivity contribution in [3.63, 3.8) is 0 Å². The van der Waals surface area contributed by atoms with Crippen LogP contribution in [-0.4, -0.2) is 18.0 Å². The lowest BCUT2D eigenvalue weighted by molar-refractivity contribution is 0.102. The molecule has 2 rings (SSSR count). The van der Waals surface area contributed by atoms with Gasteiger partial charge in [-0.05, 0) is 18.2 Å². The summed E-state index contributed by atoms with van der Waals surface area (Å²) >= 11 is 0. The van der Waals surface area contributed by atoms with Crippen molar-refractivity contribution >= 4 is 17.3 Å². The lowest BCUT2D eigenvalue weighted by atomic mass is 10.2. The van der Waals surface area contributed by atoms with Gasteiger partial charge in [0.15, 0.2) is 0 Å². The van der Waals surface area contributed by atoms with Crippen LogP contribution in [0.5, 0.6) is 5.75 Å². The van der Waals surface area contributed by atoms with Crippen molar-refractivity contribution in [3.05, 3.63) is 52.4 Å². The van der Waals surface area contributed by atoms with E-state index in [1.807, 2.05) is 0 Å². The van der Waals surface area contributed by atoms with Gasteiger partial charge in [0.25, 0.3) is 5.91 Å². The quantitative estimate of drug-likeness (QED) is 0.722. The van der Waals surface area contributed by atoms with Crippen LogP contribution in [0.15, 0.2) is 41.3 Å². The maximum Gasteiger partial charge on any atom is 0.255 e. The predicted molar refractivity (Wildman–Crippen MR) is 72.4 cm³/mol. The molecule has 0 aliphatic rings. The summed E-state index contributed by atoms with van der Waals surface area (Å²) in [6.45, 7) is 0. The van der Waals surface area contributed by atoms with Crippen LogP contribution in [0.1, 0.15) is 10.4 Å². The van der Waals surface area contributed by atoms with Crippen LogP contribution in [-0.2, 0) is 0 Å². The fourth-order valence-electron chi connectivity index (χ4n) is 1.58. The number of anilines is 2. The molecular formula is C13H13N3O3. The van der Waals surface area contributed by atoms with Crippen LogP contribution in [0.2, 0.25) is 0 Å². The molecule has 0 unspecified atom stereocenters. The SMILES string of the molecule is COc1cc(NC(=O)c2cc[nH]c(=O)c2)ccc1N. The Balaban J connectivity index is 2.21. The predicted octanol–water partition coefficient (Wildman–Crippen LogP) is 1.22. The molecule has 0 spiro atoms. The first-order chi connectivity index (χ1) is 9.10. The van der Waals surface area contributed by atoms with Crippen molar-refractivity contribution < 1.29 is 9.53 Å². The number of nitrogens with two attached hydrogens (primary N) is 1. The Morgan fingerprint density at radius 1 is 1.32 bits per heavy atom. The Morgan fingerprint density at radius 3 is 2.79 bits per heavy atom. The topological polar surface area (TPSA) is 97.2 Å². The number of ether oxygens (including phenoxy) is 1. The Hall–Kier alpha value is -2.76. The summed E-state index contributed by atoms with van der Waals surface area (Å²) in [5.74, 6) is 0.0987. The molecule has 0 aliphatic carbocycles. The molecule has 0 radical (unpaired) electrons. The van der Waals surface area contributed by atoms with Gasteiger partial charge < -0.3 is 20.8 Å². The lowest BCUT2D eigenvalue weighted by Crippen LogP contribution is -2.15. The Kier molecular flexibility index (Phi) is 3.51. The number of nitrogens with one attached hydrogen (secondary N) is 2. The van der Waals surface area contributed by atoms with Crippen LogP contribution in [0, 0.1) is 0 Å². The van der Waals surface area contributed by atoms with Crippen LogP contribution < -0.4 is 21.3 Å². The largest absolute Gasteiger partial charge is 0.495 e. The molecule has 98 valence electrons. The first-order valence-electron chi connectivity index (χ1n) is 5.54. The van der Waals surface area contributed by atoms with Crippen molar-refractivity contribution in [2.24, 2.45) is 0 Å². The molecule has 2 aromatic rings. The number of carbonyl (C=O) groups is 1. The molecule has 6 heteroatoms. The zero-order chi connectivity index (χ0) is 13.8. The second kappa shape index (κ2) is 5.26. The Bertz CT molecular complexity index is 664. The summed E-state index contributed by atoms with van der Waals surface area (Å²) in [6.07, 6.45) is 1.42. The summed E-state index contributed by atoms with van der Waals surface area (Å²) < 4.78 is 5.06. The number of hydrogen-bond donors (Lipinski definition) is 3. The van der Waals surface area contributed by atoms with E-state index in [4.69, 9.17) is 10.5 Å². The van der Waals surface area contributed by atoms with Gasteiger partial charge in [0.2, 0.25) is 5.56 Å². The standard InChI is InChI=1S/C13H13N3O3/c1-19-11-7-9(2-3-10(11)14)16-13(18)8-4-5-15-12(17)6-8/h2-7H,14H2,1H3,(H,15,17)(H,16,18). The maximum atomic E-state index is 11.9. The van der Waals surface area contributed by atoms with E-state index in [1.165, 1.54) is 25.4 Å². The normalized spacial score (nSPS) is 9.95. The third-order valence-corrected chi connectivity index (χ3v) is 2.53. The minimum absolute atomic E-state index is 0.277. The number of methoxy groups -OCH3 is 1. The molecule has 0 aliphatic heterocycles. The van der Waals surface area contributed by atoms with E-state index in [-0.39, 0.29) is 17.0 Å². The molecule has 0 fully saturated rings. The minimum atomic E-state index is -0.377. The summed E-state index contributed by atoms with van der Waals surface area (Å²) in [5.41, 5.74) is 6.65. The third kappa shape index (κ3) is 2.92. The van der Waals surface area contributed by atoms with E-state index in [1.54, 1.807) is 18.2 Å². The highest BCUT2D eigenvalue weighted by molar-refractivity contribution is 6.04. The fraction of sp³-hybridized carbons (Fsp3) is 0.0769. The highest BCUT2D eigenvalue weighted by Crippen LogP contribution is 2.25. The van der Waals surface area contributed by atoms with Crippen molar-refractivity contribution in [1.82, 2.24) is 4.98 Å². The van der Waals surface area contributed by atoms with Crippen molar-refractivity contribution in [2.75, 3.05) is 18.2 Å². The number of hydrogen-bond acceptors (Lipinski definition) is 4. The van der Waals surface area contributed by atoms with Gasteiger partial charge in [0.1, 0.15) is 5.75 Å². The van der Waals surface area contributed by atoms with Gasteiger partial charge in [0.05, 0.1) is 12.8 Å². The first kappa shape index (κ1) is 12.7. The molecule has 1 aromatic heterocycles. The number of aromatic nitrogens is 1. The smallest absolute Gasteiger partial charge is 0.255 e. The van der Waals surface area contributed by atoms with Gasteiger partial charge in [-0.2, -0.15) is 0 Å². The number of rotatable bonds is 3. The second-order valence-electron chi connectivity index (χ2n) is 3.85. The summed E-state index contributed by atoms with van der Waals surface area (Å²) in [7, 11) is 1.49. The molecule has 1 heterocycles. The molecule has 0 bridgehead atoms. The zero-order valence-electron chi connectivity index (χ0n) is 10.3. The van der Waals surface area contributed by atoms with Crippen molar-refractivity contribution in [1.29, 1.82) is 0 Å². The van der Waals surface area contributed by atoms with E-state index < -0.39 is 0 Å². The molecule has 0 saturated heterocycles. The maximum absolute atomic E-state index is 11.9. The van der Waals surface area contributed by atoms with E-state index in [0.717, 1.165) is 0 Å². The van der Waals surface area contributed by atoms with Crippen LogP contribution in [0.25, 0.3) is 0 Å². The molecule has 4 N–H and O–H groups in total. The third-order valence-electron chi connectivity index (χ3n) is 2.53. The lowest BCUT2D eigenvalue weighted by Gasteiger charge is -2.08. The van der Waals surface area contributed by atoms with Gasteiger partial charge in [-0.15, -0.1) is 0 Å². The van der Waals surface area contributed by atoms with E-state index >= 15 is 0 Å². The van der Waals surface area contributed by atoms with Crippen molar-refractivity contribution in [3.8, 4) is 5.75 Å². The molecule has 0 atom stereocenters. The number of benzene rings is 1. The molecule has 0 saturated carbocycles. The number of nitrogen functional groups attached to an aromatic ring is 1. The van der Waals surface area contributed by atoms with Gasteiger partial charge in [0, 0.05) is 29.6 Å². The molecule has 6 nitrogen and oxygen atoms in total. The number of carbonyl (C=O) groups excluding carboxylic acids is 1. The summed E-state index contributed by atoms with van der Waals surface area (Å²) in [4.78, 5) is 25.5. The van der Waals surface area contributed by atoms with Gasteiger partial charge >= 0.3 is 0 Å². The van der Waals surface area contributed by atoms with Crippen LogP contribution >= 0.6 is 0 Å². The monoisotopic (exact) mass is 259 g/mol. The van der Waals surface area contributed by atoms with Crippen LogP contribution in [0.3, 0.4) is 0 Å². The zero-order valence-corrected chi connectivity index (χ0v) is 10.3. The number of pyridine rings is 1. The van der Waals surface area contributed by atoms with E-state index in [0.29, 0.717) is 17.1 Å². The number of aromatic amines is 1. The van der Waals surface area contributed by atoms with E-state index in [2.05, 4.69) is 10.3 Å².